The van der Waals surface area contributed by atoms with Crippen molar-refractivity contribution >= 4 is 36.4 Å². The first-order chi connectivity index (χ1) is 11.2. The summed E-state index contributed by atoms with van der Waals surface area (Å²) >= 11 is 0. The minimum Gasteiger partial charge on any atom is -0.325 e. The summed E-state index contributed by atoms with van der Waals surface area (Å²) in [5.41, 5.74) is 0.725. The van der Waals surface area contributed by atoms with Crippen LogP contribution in [0.1, 0.15) is 26.2 Å². The van der Waals surface area contributed by atoms with E-state index in [-0.39, 0.29) is 30.7 Å². The predicted octanol–water partition coefficient (Wildman–Crippen LogP) is 3.08. The Labute approximate surface area is 160 Å². The normalized spacial score (nSPS) is 15.6. The van der Waals surface area contributed by atoms with Gasteiger partial charge in [-0.3, -0.25) is 4.79 Å². The van der Waals surface area contributed by atoms with Crippen LogP contribution >= 0.6 is 24.8 Å². The van der Waals surface area contributed by atoms with Crippen molar-refractivity contribution in [2.75, 3.05) is 18.4 Å². The van der Waals surface area contributed by atoms with Gasteiger partial charge in [-0.25, -0.2) is 9.67 Å². The third kappa shape index (κ3) is 5.99. The van der Waals surface area contributed by atoms with Gasteiger partial charge < -0.3 is 10.6 Å². The first-order valence-electron chi connectivity index (χ1n) is 8.19. The van der Waals surface area contributed by atoms with E-state index in [4.69, 9.17) is 0 Å². The van der Waals surface area contributed by atoms with Gasteiger partial charge in [0.25, 0.3) is 0 Å². The molecule has 1 atom stereocenters. The number of pyridine rings is 1. The van der Waals surface area contributed by atoms with Gasteiger partial charge in [0.2, 0.25) is 5.91 Å². The van der Waals surface area contributed by atoms with Crippen LogP contribution < -0.4 is 10.6 Å². The van der Waals surface area contributed by atoms with E-state index in [1.165, 1.54) is 0 Å². The zero-order valence-electron chi connectivity index (χ0n) is 14.2. The second-order valence-corrected chi connectivity index (χ2v) is 6.17. The van der Waals surface area contributed by atoms with Crippen LogP contribution in [0.4, 0.5) is 5.69 Å². The molecule has 8 heteroatoms. The Morgan fingerprint density at radius 3 is 2.72 bits per heavy atom. The van der Waals surface area contributed by atoms with E-state index in [0.29, 0.717) is 18.3 Å². The number of piperidine rings is 1. The number of anilines is 1. The lowest BCUT2D eigenvalue weighted by Gasteiger charge is -2.27. The van der Waals surface area contributed by atoms with E-state index in [1.54, 1.807) is 17.1 Å². The number of nitrogens with one attached hydrogen (secondary N) is 2. The molecular formula is C17H25Cl2N5O. The highest BCUT2D eigenvalue weighted by Crippen LogP contribution is 2.24. The van der Waals surface area contributed by atoms with Crippen LogP contribution in [0.2, 0.25) is 0 Å². The van der Waals surface area contributed by atoms with Crippen molar-refractivity contribution in [3.8, 4) is 5.82 Å². The number of hydrogen-bond donors (Lipinski definition) is 2. The summed E-state index contributed by atoms with van der Waals surface area (Å²) in [5.74, 6) is 1.84. The highest BCUT2D eigenvalue weighted by molar-refractivity contribution is 5.90. The minimum absolute atomic E-state index is 0. The topological polar surface area (TPSA) is 71.8 Å². The summed E-state index contributed by atoms with van der Waals surface area (Å²) in [6.45, 7) is 4.31. The van der Waals surface area contributed by atoms with E-state index >= 15 is 0 Å². The Balaban J connectivity index is 0.00000156. The number of carbonyl (C=O) groups is 1. The quantitative estimate of drug-likeness (QED) is 0.829. The highest BCUT2D eigenvalue weighted by Gasteiger charge is 2.22. The highest BCUT2D eigenvalue weighted by atomic mass is 35.5. The van der Waals surface area contributed by atoms with E-state index in [2.05, 4.69) is 27.6 Å². The SMILES string of the molecule is CC(CC(=O)Nc1ccc(-n2cccn2)nc1)C1CCNCC1.Cl.Cl. The zero-order chi connectivity index (χ0) is 16.1. The molecule has 1 fully saturated rings. The van der Waals surface area contributed by atoms with Gasteiger partial charge >= 0.3 is 0 Å². The molecule has 1 saturated heterocycles. The molecular weight excluding hydrogens is 361 g/mol. The summed E-state index contributed by atoms with van der Waals surface area (Å²) in [4.78, 5) is 16.5. The molecule has 0 spiro atoms. The lowest BCUT2D eigenvalue weighted by molar-refractivity contribution is -0.117. The summed E-state index contributed by atoms with van der Waals surface area (Å²) in [7, 11) is 0. The molecule has 138 valence electrons. The third-order valence-electron chi connectivity index (χ3n) is 4.47. The lowest BCUT2D eigenvalue weighted by Crippen LogP contribution is -2.32. The van der Waals surface area contributed by atoms with Crippen LogP contribution in [0.5, 0.6) is 0 Å². The fraction of sp³-hybridized carbons (Fsp3) is 0.471. The first kappa shape index (κ1) is 21.4. The van der Waals surface area contributed by atoms with Crippen LogP contribution in [0, 0.1) is 11.8 Å². The second-order valence-electron chi connectivity index (χ2n) is 6.17. The van der Waals surface area contributed by atoms with Crippen molar-refractivity contribution in [3.63, 3.8) is 0 Å². The number of nitrogens with zero attached hydrogens (tertiary/aromatic N) is 3. The first-order valence-corrected chi connectivity index (χ1v) is 8.19. The van der Waals surface area contributed by atoms with E-state index < -0.39 is 0 Å². The molecule has 3 rings (SSSR count). The molecule has 25 heavy (non-hydrogen) atoms. The van der Waals surface area contributed by atoms with Crippen molar-refractivity contribution in [2.24, 2.45) is 11.8 Å². The summed E-state index contributed by atoms with van der Waals surface area (Å²) in [5, 5.41) is 10.4. The maximum absolute atomic E-state index is 12.2. The molecule has 0 bridgehead atoms. The molecule has 1 unspecified atom stereocenters. The molecule has 0 radical (unpaired) electrons. The second kappa shape index (κ2) is 10.4. The average Bonchev–Trinajstić information content (AvgIpc) is 3.11. The number of rotatable bonds is 5. The largest absolute Gasteiger partial charge is 0.325 e. The van der Waals surface area contributed by atoms with Crippen molar-refractivity contribution in [3.05, 3.63) is 36.8 Å². The number of carbonyl (C=O) groups excluding carboxylic acids is 1. The lowest BCUT2D eigenvalue weighted by atomic mass is 9.84. The van der Waals surface area contributed by atoms with Crippen LogP contribution in [-0.4, -0.2) is 33.8 Å². The Morgan fingerprint density at radius 1 is 1.36 bits per heavy atom. The van der Waals surface area contributed by atoms with Gasteiger partial charge in [-0.15, -0.1) is 24.8 Å². The molecule has 0 saturated carbocycles. The monoisotopic (exact) mass is 385 g/mol. The summed E-state index contributed by atoms with van der Waals surface area (Å²) in [6.07, 6.45) is 8.10. The van der Waals surface area contributed by atoms with Crippen molar-refractivity contribution < 1.29 is 4.79 Å². The molecule has 1 aliphatic rings. The van der Waals surface area contributed by atoms with Gasteiger partial charge in [0.15, 0.2) is 5.82 Å². The molecule has 1 amide bonds. The van der Waals surface area contributed by atoms with Crippen LogP contribution in [-0.2, 0) is 4.79 Å². The molecule has 2 N–H and O–H groups in total. The maximum Gasteiger partial charge on any atom is 0.224 e. The maximum atomic E-state index is 12.2. The van der Waals surface area contributed by atoms with Gasteiger partial charge in [-0.2, -0.15) is 5.10 Å². The Bertz CT molecular complexity index is 627. The van der Waals surface area contributed by atoms with Crippen LogP contribution in [0.15, 0.2) is 36.8 Å². The average molecular weight is 386 g/mol. The van der Waals surface area contributed by atoms with Gasteiger partial charge in [0.1, 0.15) is 0 Å². The van der Waals surface area contributed by atoms with Gasteiger partial charge in [-0.1, -0.05) is 6.92 Å². The Kier molecular flexibility index (Phi) is 8.89. The molecule has 2 aromatic heterocycles. The molecule has 2 aromatic rings. The van der Waals surface area contributed by atoms with Crippen molar-refractivity contribution in [1.82, 2.24) is 20.1 Å². The fourth-order valence-electron chi connectivity index (χ4n) is 3.08. The number of halogens is 2. The Morgan fingerprint density at radius 2 is 2.12 bits per heavy atom. The standard InChI is InChI=1S/C17H23N5O.2ClH/c1-13(14-5-8-18-9-6-14)11-17(23)21-15-3-4-16(19-12-15)22-10-2-7-20-22;;/h2-4,7,10,12-14,18H,5-6,8-9,11H2,1H3,(H,21,23);2*1H. The molecule has 0 aromatic carbocycles. The fourth-order valence-corrected chi connectivity index (χ4v) is 3.08. The van der Waals surface area contributed by atoms with E-state index in [0.717, 1.165) is 37.4 Å². The smallest absolute Gasteiger partial charge is 0.224 e. The summed E-state index contributed by atoms with van der Waals surface area (Å²) in [6, 6.07) is 5.55. The Hall–Kier alpha value is -1.63. The third-order valence-corrected chi connectivity index (χ3v) is 4.47. The van der Waals surface area contributed by atoms with Crippen LogP contribution in [0.3, 0.4) is 0 Å². The molecule has 0 aliphatic carbocycles. The number of hydrogen-bond acceptors (Lipinski definition) is 4. The van der Waals surface area contributed by atoms with Gasteiger partial charge in [0.05, 0.1) is 11.9 Å². The molecule has 6 nitrogen and oxygen atoms in total. The van der Waals surface area contributed by atoms with Crippen molar-refractivity contribution in [2.45, 2.75) is 26.2 Å². The van der Waals surface area contributed by atoms with E-state index in [9.17, 15) is 4.79 Å². The molecule has 1 aliphatic heterocycles. The number of amides is 1. The number of aromatic nitrogens is 3. The summed E-state index contributed by atoms with van der Waals surface area (Å²) < 4.78 is 1.69. The predicted molar refractivity (Wildman–Crippen MR) is 104 cm³/mol. The molecule has 3 heterocycles. The van der Waals surface area contributed by atoms with E-state index in [1.807, 2.05) is 24.4 Å². The van der Waals surface area contributed by atoms with Gasteiger partial charge in [-0.05, 0) is 56.0 Å². The van der Waals surface area contributed by atoms with Crippen molar-refractivity contribution in [1.29, 1.82) is 0 Å². The van der Waals surface area contributed by atoms with Gasteiger partial charge in [0, 0.05) is 18.8 Å². The zero-order valence-corrected chi connectivity index (χ0v) is 15.9. The minimum atomic E-state index is 0. The van der Waals surface area contributed by atoms with Crippen LogP contribution in [0.25, 0.3) is 5.82 Å².